The van der Waals surface area contributed by atoms with E-state index in [1.807, 2.05) is 55.5 Å². The highest BCUT2D eigenvalue weighted by atomic mass is 35.5. The van der Waals surface area contributed by atoms with Crippen LogP contribution in [-0.2, 0) is 0 Å². The van der Waals surface area contributed by atoms with Gasteiger partial charge in [0, 0.05) is 22.0 Å². The summed E-state index contributed by atoms with van der Waals surface area (Å²) in [5.74, 6) is 1.15. The van der Waals surface area contributed by atoms with E-state index in [-0.39, 0.29) is 5.91 Å². The van der Waals surface area contributed by atoms with E-state index in [0.29, 0.717) is 27.1 Å². The van der Waals surface area contributed by atoms with Crippen LogP contribution in [0, 0.1) is 6.92 Å². The van der Waals surface area contributed by atoms with Crippen molar-refractivity contribution >= 4 is 44.6 Å². The minimum atomic E-state index is -0.221. The summed E-state index contributed by atoms with van der Waals surface area (Å²) in [5, 5.41) is 4.29. The number of nitrogens with zero attached hydrogens (tertiary/aromatic N) is 1. The monoisotopic (exact) mass is 394 g/mol. The Kier molecular flexibility index (Phi) is 4.79. The number of carbonyl (C=O) groups is 1. The van der Waals surface area contributed by atoms with Gasteiger partial charge in [-0.05, 0) is 48.9 Å². The van der Waals surface area contributed by atoms with Crippen molar-refractivity contribution in [2.45, 2.75) is 6.92 Å². The first-order valence-corrected chi connectivity index (χ1v) is 9.48. The number of fused-ring (bicyclic) bond motifs is 1. The number of pyridine rings is 1. The summed E-state index contributed by atoms with van der Waals surface area (Å²) in [6.45, 7) is 1.92. The van der Waals surface area contributed by atoms with Crippen LogP contribution in [0.5, 0.6) is 11.5 Å². The summed E-state index contributed by atoms with van der Waals surface area (Å²) in [6, 6.07) is 16.9. The second kappa shape index (κ2) is 7.39. The number of amides is 1. The fraction of sp³-hybridized carbons (Fsp3) is 0.0476. The maximum absolute atomic E-state index is 12.7. The molecule has 2 aromatic carbocycles. The van der Waals surface area contributed by atoms with Gasteiger partial charge in [0.2, 0.25) is 0 Å². The molecule has 2 aromatic heterocycles. The number of hydrogen-bond acceptors (Lipinski definition) is 4. The second-order valence-corrected chi connectivity index (χ2v) is 7.40. The first-order valence-electron chi connectivity index (χ1n) is 8.29. The van der Waals surface area contributed by atoms with E-state index in [9.17, 15) is 4.79 Å². The molecule has 6 heteroatoms. The smallest absolute Gasteiger partial charge is 0.267 e. The standard InChI is InChI=1S/C21H15ClN2O2S/c1-13-11-14(8-9-17(13)26-15-5-4-10-23-12-15)24-21(25)20-19(22)16-6-2-3-7-18(16)27-20/h2-12H,1H3,(H,24,25). The summed E-state index contributed by atoms with van der Waals surface area (Å²) in [6.07, 6.45) is 3.34. The van der Waals surface area contributed by atoms with Crippen molar-refractivity contribution < 1.29 is 9.53 Å². The average Bonchev–Trinajstić information content (AvgIpc) is 3.02. The van der Waals surface area contributed by atoms with Crippen molar-refractivity contribution in [2.24, 2.45) is 0 Å². The van der Waals surface area contributed by atoms with Gasteiger partial charge in [0.1, 0.15) is 16.4 Å². The number of aryl methyl sites for hydroxylation is 1. The molecule has 0 aliphatic heterocycles. The van der Waals surface area contributed by atoms with Crippen LogP contribution in [0.3, 0.4) is 0 Å². The maximum atomic E-state index is 12.7. The Hall–Kier alpha value is -2.89. The molecule has 4 rings (SSSR count). The fourth-order valence-corrected chi connectivity index (χ4v) is 4.14. The van der Waals surface area contributed by atoms with Crippen LogP contribution >= 0.6 is 22.9 Å². The Balaban J connectivity index is 1.54. The Morgan fingerprint density at radius 2 is 2.00 bits per heavy atom. The van der Waals surface area contributed by atoms with Crippen LogP contribution < -0.4 is 10.1 Å². The van der Waals surface area contributed by atoms with Crippen LogP contribution in [-0.4, -0.2) is 10.9 Å². The van der Waals surface area contributed by atoms with E-state index in [0.717, 1.165) is 15.6 Å². The molecular formula is C21H15ClN2O2S. The van der Waals surface area contributed by atoms with E-state index in [4.69, 9.17) is 16.3 Å². The van der Waals surface area contributed by atoms with Crippen LogP contribution in [0.25, 0.3) is 10.1 Å². The highest BCUT2D eigenvalue weighted by Crippen LogP contribution is 2.35. The van der Waals surface area contributed by atoms with Gasteiger partial charge in [-0.3, -0.25) is 9.78 Å². The van der Waals surface area contributed by atoms with Gasteiger partial charge < -0.3 is 10.1 Å². The fourth-order valence-electron chi connectivity index (χ4n) is 2.72. The normalized spacial score (nSPS) is 10.7. The lowest BCUT2D eigenvalue weighted by atomic mass is 10.2. The first-order chi connectivity index (χ1) is 13.1. The molecule has 1 N–H and O–H groups in total. The van der Waals surface area contributed by atoms with Crippen molar-refractivity contribution in [1.29, 1.82) is 0 Å². The van der Waals surface area contributed by atoms with Gasteiger partial charge in [-0.25, -0.2) is 0 Å². The summed E-state index contributed by atoms with van der Waals surface area (Å²) in [4.78, 5) is 17.2. The summed E-state index contributed by atoms with van der Waals surface area (Å²) < 4.78 is 6.81. The predicted molar refractivity (Wildman–Crippen MR) is 110 cm³/mol. The lowest BCUT2D eigenvalue weighted by Gasteiger charge is -2.11. The molecule has 4 nitrogen and oxygen atoms in total. The zero-order valence-electron chi connectivity index (χ0n) is 14.4. The molecule has 27 heavy (non-hydrogen) atoms. The number of rotatable bonds is 4. The molecule has 0 saturated heterocycles. The van der Waals surface area contributed by atoms with Gasteiger partial charge in [0.05, 0.1) is 11.2 Å². The lowest BCUT2D eigenvalue weighted by molar-refractivity contribution is 0.103. The molecule has 0 bridgehead atoms. The Bertz CT molecular complexity index is 1130. The SMILES string of the molecule is Cc1cc(NC(=O)c2sc3ccccc3c2Cl)ccc1Oc1cccnc1. The van der Waals surface area contributed by atoms with Crippen LogP contribution in [0.4, 0.5) is 5.69 Å². The van der Waals surface area contributed by atoms with Crippen LogP contribution in [0.15, 0.2) is 67.0 Å². The Labute approximate surface area is 165 Å². The minimum Gasteiger partial charge on any atom is -0.455 e. The Morgan fingerprint density at radius 1 is 1.15 bits per heavy atom. The third-order valence-corrected chi connectivity index (χ3v) is 5.71. The number of nitrogens with one attached hydrogen (secondary N) is 1. The predicted octanol–water partition coefficient (Wildman–Crippen LogP) is 6.30. The number of carbonyl (C=O) groups excluding carboxylic acids is 1. The van der Waals surface area contributed by atoms with E-state index in [2.05, 4.69) is 10.3 Å². The molecule has 2 heterocycles. The van der Waals surface area contributed by atoms with E-state index in [1.165, 1.54) is 11.3 Å². The van der Waals surface area contributed by atoms with Crippen molar-refractivity contribution in [1.82, 2.24) is 4.98 Å². The quantitative estimate of drug-likeness (QED) is 0.441. The largest absolute Gasteiger partial charge is 0.455 e. The number of ether oxygens (including phenoxy) is 1. The molecule has 0 aliphatic carbocycles. The van der Waals surface area contributed by atoms with Crippen LogP contribution in [0.1, 0.15) is 15.2 Å². The van der Waals surface area contributed by atoms with Crippen molar-refractivity contribution in [2.75, 3.05) is 5.32 Å². The molecule has 134 valence electrons. The number of thiophene rings is 1. The van der Waals surface area contributed by atoms with Crippen molar-refractivity contribution in [3.8, 4) is 11.5 Å². The molecule has 0 radical (unpaired) electrons. The maximum Gasteiger partial charge on any atom is 0.267 e. The van der Waals surface area contributed by atoms with Crippen molar-refractivity contribution in [3.05, 3.63) is 82.5 Å². The van der Waals surface area contributed by atoms with Gasteiger partial charge in [0.15, 0.2) is 0 Å². The van der Waals surface area contributed by atoms with Crippen molar-refractivity contribution in [3.63, 3.8) is 0 Å². The molecule has 0 fully saturated rings. The molecule has 0 aliphatic rings. The Morgan fingerprint density at radius 3 is 2.74 bits per heavy atom. The molecule has 4 aromatic rings. The first kappa shape index (κ1) is 17.5. The highest BCUT2D eigenvalue weighted by Gasteiger charge is 2.17. The van der Waals surface area contributed by atoms with Gasteiger partial charge in [0.25, 0.3) is 5.91 Å². The van der Waals surface area contributed by atoms with E-state index < -0.39 is 0 Å². The zero-order chi connectivity index (χ0) is 18.8. The number of aromatic nitrogens is 1. The second-order valence-electron chi connectivity index (χ2n) is 5.97. The molecular weight excluding hydrogens is 380 g/mol. The molecule has 0 atom stereocenters. The molecule has 1 amide bonds. The third-order valence-electron chi connectivity index (χ3n) is 4.04. The third kappa shape index (κ3) is 3.65. The number of benzene rings is 2. The van der Waals surface area contributed by atoms with Gasteiger partial charge in [-0.15, -0.1) is 11.3 Å². The van der Waals surface area contributed by atoms with E-state index >= 15 is 0 Å². The van der Waals surface area contributed by atoms with E-state index in [1.54, 1.807) is 18.5 Å². The van der Waals surface area contributed by atoms with Crippen LogP contribution in [0.2, 0.25) is 5.02 Å². The average molecular weight is 395 g/mol. The highest BCUT2D eigenvalue weighted by molar-refractivity contribution is 7.21. The van der Waals surface area contributed by atoms with Gasteiger partial charge >= 0.3 is 0 Å². The van der Waals surface area contributed by atoms with Gasteiger partial charge in [-0.1, -0.05) is 29.8 Å². The zero-order valence-corrected chi connectivity index (χ0v) is 16.0. The molecule has 0 saturated carbocycles. The topological polar surface area (TPSA) is 51.2 Å². The number of hydrogen-bond donors (Lipinski definition) is 1. The summed E-state index contributed by atoms with van der Waals surface area (Å²) in [7, 11) is 0. The molecule has 0 spiro atoms. The number of halogens is 1. The summed E-state index contributed by atoms with van der Waals surface area (Å²) >= 11 is 7.77. The summed E-state index contributed by atoms with van der Waals surface area (Å²) in [5.41, 5.74) is 1.59. The number of anilines is 1. The molecule has 0 unspecified atom stereocenters. The lowest BCUT2D eigenvalue weighted by Crippen LogP contribution is -2.10. The van der Waals surface area contributed by atoms with Gasteiger partial charge in [-0.2, -0.15) is 0 Å². The minimum absolute atomic E-state index is 0.221.